The highest BCUT2D eigenvalue weighted by molar-refractivity contribution is 9.08. The van der Waals surface area contributed by atoms with E-state index in [-0.39, 0.29) is 45.9 Å². The zero-order valence-corrected chi connectivity index (χ0v) is 35.7. The maximum absolute atomic E-state index is 13.9. The van der Waals surface area contributed by atoms with Crippen molar-refractivity contribution in [1.82, 2.24) is 9.97 Å². The van der Waals surface area contributed by atoms with Crippen molar-refractivity contribution in [2.45, 2.75) is 88.5 Å². The predicted octanol–water partition coefficient (Wildman–Crippen LogP) is 13.3. The summed E-state index contributed by atoms with van der Waals surface area (Å²) in [6.45, 7) is 5.84. The number of aliphatic hydroxyl groups is 1. The molecule has 322 valence electrons. The van der Waals surface area contributed by atoms with E-state index in [1.165, 1.54) is 66.2 Å². The minimum absolute atomic E-state index is 0. The number of aromatic nitrogens is 2. The van der Waals surface area contributed by atoms with Crippen molar-refractivity contribution in [2.24, 2.45) is 0 Å². The monoisotopic (exact) mass is 972 g/mol. The van der Waals surface area contributed by atoms with Gasteiger partial charge in [-0.3, -0.25) is 4.79 Å². The van der Waals surface area contributed by atoms with E-state index in [9.17, 15) is 45.0 Å². The lowest BCUT2D eigenvalue weighted by atomic mass is 9.72. The number of rotatable bonds is 11. The molecule has 2 heterocycles. The highest BCUT2D eigenvalue weighted by Crippen LogP contribution is 2.45. The van der Waals surface area contributed by atoms with Crippen LogP contribution in [0.4, 0.5) is 35.1 Å². The Hall–Kier alpha value is -2.95. The minimum atomic E-state index is -4.97. The van der Waals surface area contributed by atoms with Gasteiger partial charge in [-0.1, -0.05) is 97.5 Å². The average Bonchev–Trinajstić information content (AvgIpc) is 3.06. The Kier molecular flexibility index (Phi) is 19.7. The number of alkyl halides is 7. The molecule has 0 aliphatic heterocycles. The number of Topliss-reactive ketones (excluding diaryl/α,β-unsaturated/α-hetero) is 1. The summed E-state index contributed by atoms with van der Waals surface area (Å²) in [5, 5.41) is 12.1. The molecule has 2 aromatic heterocycles. The third kappa shape index (κ3) is 15.6. The topological polar surface area (TPSA) is 81.5 Å². The summed E-state index contributed by atoms with van der Waals surface area (Å²) in [7, 11) is 2.67. The molecule has 0 spiro atoms. The molecule has 1 atom stereocenters. The number of ketones is 1. The van der Waals surface area contributed by atoms with Gasteiger partial charge >= 0.3 is 12.4 Å². The third-order valence-electron chi connectivity index (χ3n) is 8.26. The Balaban J connectivity index is 0.000000482. The van der Waals surface area contributed by atoms with E-state index < -0.39 is 65.5 Å². The van der Waals surface area contributed by atoms with Crippen molar-refractivity contribution in [3.8, 4) is 11.5 Å². The first-order valence-corrected chi connectivity index (χ1v) is 19.0. The minimum Gasteiger partial charge on any atom is -0.496 e. The molecule has 0 fully saturated rings. The van der Waals surface area contributed by atoms with Gasteiger partial charge in [-0.05, 0) is 83.6 Å². The molecule has 0 aliphatic rings. The predicted molar refractivity (Wildman–Crippen MR) is 215 cm³/mol. The Morgan fingerprint density at radius 1 is 0.690 bits per heavy atom. The number of methoxy groups -OCH3 is 2. The van der Waals surface area contributed by atoms with E-state index in [1.807, 2.05) is 0 Å². The average molecular weight is 975 g/mol. The molecule has 1 unspecified atom stereocenters. The third-order valence-corrected chi connectivity index (χ3v) is 9.68. The van der Waals surface area contributed by atoms with Gasteiger partial charge in [-0.25, -0.2) is 18.7 Å². The van der Waals surface area contributed by atoms with Gasteiger partial charge in [-0.2, -0.15) is 26.3 Å². The van der Waals surface area contributed by atoms with Gasteiger partial charge in [0.1, 0.15) is 43.7 Å². The number of hydrogen-bond donors (Lipinski definition) is 1. The first-order chi connectivity index (χ1) is 26.1. The van der Waals surface area contributed by atoms with Crippen LogP contribution >= 0.6 is 62.3 Å². The Labute approximate surface area is 360 Å². The molecule has 19 heteroatoms. The van der Waals surface area contributed by atoms with Crippen LogP contribution in [0.1, 0.15) is 70.2 Å². The van der Waals surface area contributed by atoms with Crippen LogP contribution in [0, 0.1) is 11.6 Å². The van der Waals surface area contributed by atoms with E-state index in [2.05, 4.69) is 25.9 Å². The van der Waals surface area contributed by atoms with Gasteiger partial charge in [0.25, 0.3) is 0 Å². The summed E-state index contributed by atoms with van der Waals surface area (Å²) in [5.74, 6) is -2.58. The van der Waals surface area contributed by atoms with Crippen molar-refractivity contribution < 1.29 is 54.5 Å². The van der Waals surface area contributed by atoms with Crippen molar-refractivity contribution in [1.29, 1.82) is 0 Å². The first kappa shape index (κ1) is 53.1. The SMILES string of the molecule is C.COc1ccc(F)cc1C(C)(C)CC(=O)C(F)(F)F.COc1ccc(F)cc1C(C)(C)CC(O)(Cc1cc(Cl)nc(Cl)c1)C(F)(F)F.Clc1cc(CBr)cc(Cl)n1. The second-order valence-corrected chi connectivity index (χ2v) is 15.9. The summed E-state index contributed by atoms with van der Waals surface area (Å²) in [4.78, 5) is 18.6. The number of carbonyl (C=O) groups is 1. The van der Waals surface area contributed by atoms with E-state index >= 15 is 0 Å². The van der Waals surface area contributed by atoms with E-state index in [0.717, 1.165) is 35.2 Å². The van der Waals surface area contributed by atoms with E-state index in [0.29, 0.717) is 10.3 Å². The fourth-order valence-electron chi connectivity index (χ4n) is 5.65. The zero-order valence-electron chi connectivity index (χ0n) is 31.1. The summed E-state index contributed by atoms with van der Waals surface area (Å²) in [5.41, 5.74) is -4.03. The quantitative estimate of drug-likeness (QED) is 0.0916. The smallest absolute Gasteiger partial charge is 0.450 e. The van der Waals surface area contributed by atoms with Crippen LogP contribution in [-0.4, -0.2) is 53.0 Å². The fraction of sp³-hybridized carbons (Fsp3) is 0.410. The highest BCUT2D eigenvalue weighted by atomic mass is 79.9. The second-order valence-electron chi connectivity index (χ2n) is 13.8. The molecule has 58 heavy (non-hydrogen) atoms. The lowest BCUT2D eigenvalue weighted by molar-refractivity contribution is -0.266. The molecule has 4 rings (SSSR count). The molecule has 4 aromatic rings. The normalized spacial score (nSPS) is 12.8. The molecule has 0 saturated carbocycles. The van der Waals surface area contributed by atoms with Crippen LogP contribution in [0.3, 0.4) is 0 Å². The molecular weight excluding hydrogens is 934 g/mol. The number of pyridine rings is 2. The first-order valence-electron chi connectivity index (χ1n) is 16.3. The summed E-state index contributed by atoms with van der Waals surface area (Å²) in [6.07, 6.45) is -12.2. The highest BCUT2D eigenvalue weighted by Gasteiger charge is 2.56. The van der Waals surface area contributed by atoms with Crippen molar-refractivity contribution >= 4 is 68.1 Å². The number of carbonyl (C=O) groups excluding carboxylic acids is 1. The lowest BCUT2D eigenvalue weighted by Crippen LogP contribution is -2.50. The van der Waals surface area contributed by atoms with Crippen LogP contribution in [-0.2, 0) is 27.4 Å². The van der Waals surface area contributed by atoms with Crippen LogP contribution in [0.15, 0.2) is 60.7 Å². The molecule has 0 saturated heterocycles. The molecule has 2 aromatic carbocycles. The van der Waals surface area contributed by atoms with Gasteiger partial charge < -0.3 is 14.6 Å². The molecule has 0 aliphatic carbocycles. The Morgan fingerprint density at radius 2 is 1.07 bits per heavy atom. The number of benzene rings is 2. The standard InChI is InChI=1S/C19H19Cl2F4NO2.C13H14F4O2.C6H4BrCl2N.CH4/c1-17(2,13-8-12(22)4-5-14(13)28-3)10-18(27,19(23,24)25)9-11-6-15(20)26-16(21)7-11;1-12(2,7-11(18)13(15,16)17)9-6-8(14)4-5-10(9)19-3;7-3-4-1-5(8)10-6(9)2-4;/h4-8,27H,9-10H2,1-3H3;4-6H,7H2,1-3H3;1-2H,3H2;1H4. The number of hydrogen-bond acceptors (Lipinski definition) is 6. The van der Waals surface area contributed by atoms with Crippen LogP contribution in [0.25, 0.3) is 0 Å². The fourth-order valence-corrected chi connectivity index (χ4v) is 6.98. The lowest BCUT2D eigenvalue weighted by Gasteiger charge is -2.38. The summed E-state index contributed by atoms with van der Waals surface area (Å²) >= 11 is 26.0. The van der Waals surface area contributed by atoms with E-state index in [4.69, 9.17) is 55.9 Å². The largest absolute Gasteiger partial charge is 0.496 e. The number of ether oxygens (including phenoxy) is 2. The van der Waals surface area contributed by atoms with Crippen LogP contribution in [0.2, 0.25) is 20.6 Å². The van der Waals surface area contributed by atoms with Crippen molar-refractivity contribution in [2.75, 3.05) is 14.2 Å². The molecule has 0 radical (unpaired) electrons. The maximum atomic E-state index is 13.9. The van der Waals surface area contributed by atoms with Crippen molar-refractivity contribution in [3.63, 3.8) is 0 Å². The molecule has 0 bridgehead atoms. The summed E-state index contributed by atoms with van der Waals surface area (Å²) in [6, 6.07) is 13.1. The van der Waals surface area contributed by atoms with Crippen molar-refractivity contribution in [3.05, 3.63) is 115 Å². The van der Waals surface area contributed by atoms with Crippen LogP contribution < -0.4 is 9.47 Å². The maximum Gasteiger partial charge on any atom is 0.450 e. The van der Waals surface area contributed by atoms with Gasteiger partial charge in [0.15, 0.2) is 5.60 Å². The Bertz CT molecular complexity index is 1960. The zero-order chi connectivity index (χ0) is 43.7. The molecule has 1 N–H and O–H groups in total. The van der Waals surface area contributed by atoms with Gasteiger partial charge in [0, 0.05) is 34.7 Å². The van der Waals surface area contributed by atoms with Gasteiger partial charge in [-0.15, -0.1) is 0 Å². The van der Waals surface area contributed by atoms with Gasteiger partial charge in [0.2, 0.25) is 5.78 Å². The summed E-state index contributed by atoms with van der Waals surface area (Å²) < 4.78 is 116. The number of nitrogens with zero attached hydrogens (tertiary/aromatic N) is 2. The molecule has 0 amide bonds. The second kappa shape index (κ2) is 21.5. The van der Waals surface area contributed by atoms with E-state index in [1.54, 1.807) is 12.1 Å². The Morgan fingerprint density at radius 3 is 1.41 bits per heavy atom. The molecule has 6 nitrogen and oxygen atoms in total. The van der Waals surface area contributed by atoms with Gasteiger partial charge in [0.05, 0.1) is 14.2 Å². The number of halogens is 13. The van der Waals surface area contributed by atoms with Crippen LogP contribution in [0.5, 0.6) is 11.5 Å². The molecular formula is C39H41BrCl4F8N2O4.